The normalized spacial score (nSPS) is 14.6. The smallest absolute Gasteiger partial charge is 0.274 e. The fourth-order valence-electron chi connectivity index (χ4n) is 6.09. The third kappa shape index (κ3) is 6.94. The van der Waals surface area contributed by atoms with E-state index in [-0.39, 0.29) is 25.0 Å². The summed E-state index contributed by atoms with van der Waals surface area (Å²) < 4.78 is 13.5. The number of piperazine rings is 1. The summed E-state index contributed by atoms with van der Waals surface area (Å²) in [7, 11) is 1.56. The molecule has 1 atom stereocenters. The number of aryl methyl sites for hydroxylation is 1. The van der Waals surface area contributed by atoms with E-state index in [1.807, 2.05) is 97.3 Å². The van der Waals surface area contributed by atoms with E-state index in [9.17, 15) is 14.4 Å². The highest BCUT2D eigenvalue weighted by Crippen LogP contribution is 2.30. The SMILES string of the molecule is CCOc1cccc(-n2cc(C(=O)N3CCN(c4cc(C=O)c5ccccc5c4)C[C@@H]3COCC(=O)NC)nc2-c2ccc(C)cc2)c1. The molecule has 48 heavy (non-hydrogen) atoms. The van der Waals surface area contributed by atoms with Crippen molar-refractivity contribution in [1.82, 2.24) is 19.8 Å². The molecular weight excluding hydrogens is 606 g/mol. The monoisotopic (exact) mass is 645 g/mol. The number of fused-ring (bicyclic) bond motifs is 1. The Morgan fingerprint density at radius 1 is 0.979 bits per heavy atom. The molecule has 1 fully saturated rings. The maximum absolute atomic E-state index is 14.4. The standard InChI is InChI=1S/C38H39N5O5/c1-4-48-33-10-7-9-30(20-33)43-22-35(40-37(43)27-14-12-26(2)13-15-27)38(46)42-17-16-41(21-32(42)24-47-25-36(45)39-3)31-18-28-8-5-6-11-34(28)29(19-31)23-44/h5-15,18-20,22-23,32H,4,16-17,21,24-25H2,1-3H3,(H,39,45)/t32-/m1/s1. The van der Waals surface area contributed by atoms with Gasteiger partial charge in [0, 0.05) is 55.8 Å². The quantitative estimate of drug-likeness (QED) is 0.194. The molecule has 0 spiro atoms. The molecule has 10 heteroatoms. The molecule has 0 radical (unpaired) electrons. The van der Waals surface area contributed by atoms with Gasteiger partial charge in [-0.25, -0.2) is 4.98 Å². The van der Waals surface area contributed by atoms with Crippen LogP contribution in [0.1, 0.15) is 33.3 Å². The minimum absolute atomic E-state index is 0.122. The van der Waals surface area contributed by atoms with E-state index in [0.29, 0.717) is 43.3 Å². The summed E-state index contributed by atoms with van der Waals surface area (Å²) in [5, 5.41) is 4.43. The Bertz CT molecular complexity index is 1940. The Labute approximate surface area is 279 Å². The summed E-state index contributed by atoms with van der Waals surface area (Å²) in [5.41, 5.74) is 4.61. The summed E-state index contributed by atoms with van der Waals surface area (Å²) >= 11 is 0. The van der Waals surface area contributed by atoms with Crippen LogP contribution >= 0.6 is 0 Å². The number of anilines is 1. The van der Waals surface area contributed by atoms with Gasteiger partial charge in [0.05, 0.1) is 24.9 Å². The van der Waals surface area contributed by atoms with Gasteiger partial charge in [-0.15, -0.1) is 0 Å². The zero-order chi connectivity index (χ0) is 33.6. The van der Waals surface area contributed by atoms with Gasteiger partial charge in [-0.3, -0.25) is 19.0 Å². The highest BCUT2D eigenvalue weighted by molar-refractivity contribution is 6.00. The molecule has 1 aliphatic heterocycles. The number of ether oxygens (including phenoxy) is 2. The number of likely N-dealkylation sites (N-methyl/N-ethyl adjacent to an activating group) is 1. The van der Waals surface area contributed by atoms with Crippen molar-refractivity contribution < 1.29 is 23.9 Å². The Morgan fingerprint density at radius 3 is 2.56 bits per heavy atom. The molecule has 2 amide bonds. The first-order valence-electron chi connectivity index (χ1n) is 16.1. The van der Waals surface area contributed by atoms with Crippen molar-refractivity contribution in [3.63, 3.8) is 0 Å². The summed E-state index contributed by atoms with van der Waals surface area (Å²) in [6.45, 7) is 5.90. The molecular formula is C38H39N5O5. The number of nitrogens with zero attached hydrogens (tertiary/aromatic N) is 4. The van der Waals surface area contributed by atoms with Crippen molar-refractivity contribution >= 4 is 34.6 Å². The lowest BCUT2D eigenvalue weighted by Crippen LogP contribution is -2.57. The van der Waals surface area contributed by atoms with Crippen molar-refractivity contribution in [1.29, 1.82) is 0 Å². The number of benzene rings is 4. The van der Waals surface area contributed by atoms with E-state index in [1.165, 1.54) is 0 Å². The molecule has 5 aromatic rings. The van der Waals surface area contributed by atoms with Gasteiger partial charge in [0.2, 0.25) is 5.91 Å². The van der Waals surface area contributed by atoms with Gasteiger partial charge in [0.1, 0.15) is 23.9 Å². The first kappa shape index (κ1) is 32.5. The Kier molecular flexibility index (Phi) is 9.82. The number of carbonyl (C=O) groups excluding carboxylic acids is 3. The van der Waals surface area contributed by atoms with Crippen LogP contribution in [0.2, 0.25) is 0 Å². The molecule has 1 N–H and O–H groups in total. The molecule has 4 aromatic carbocycles. The summed E-state index contributed by atoms with van der Waals surface area (Å²) in [6, 6.07) is 27.1. The topological polar surface area (TPSA) is 106 Å². The highest BCUT2D eigenvalue weighted by Gasteiger charge is 2.33. The number of nitrogens with one attached hydrogen (secondary N) is 1. The van der Waals surface area contributed by atoms with E-state index in [2.05, 4.69) is 16.3 Å². The number of hydrogen-bond acceptors (Lipinski definition) is 7. The molecule has 0 saturated carbocycles. The molecule has 0 aliphatic carbocycles. The van der Waals surface area contributed by atoms with Crippen molar-refractivity contribution in [3.05, 3.63) is 108 Å². The van der Waals surface area contributed by atoms with Gasteiger partial charge >= 0.3 is 0 Å². The summed E-state index contributed by atoms with van der Waals surface area (Å²) in [5.74, 6) is 0.878. The Morgan fingerprint density at radius 2 is 1.79 bits per heavy atom. The van der Waals surface area contributed by atoms with Gasteiger partial charge in [-0.1, -0.05) is 60.2 Å². The van der Waals surface area contributed by atoms with Crippen LogP contribution in [0.3, 0.4) is 0 Å². The second-order valence-electron chi connectivity index (χ2n) is 11.8. The van der Waals surface area contributed by atoms with Gasteiger partial charge in [0.25, 0.3) is 5.91 Å². The number of imidazole rings is 1. The van der Waals surface area contributed by atoms with Crippen LogP contribution in [0.4, 0.5) is 5.69 Å². The molecule has 1 aromatic heterocycles. The van der Waals surface area contributed by atoms with E-state index in [0.717, 1.165) is 45.3 Å². The number of carbonyl (C=O) groups is 3. The third-order valence-corrected chi connectivity index (χ3v) is 8.58. The molecule has 0 unspecified atom stereocenters. The lowest BCUT2D eigenvalue weighted by atomic mass is 10.0. The van der Waals surface area contributed by atoms with Crippen LogP contribution in [-0.2, 0) is 9.53 Å². The molecule has 10 nitrogen and oxygen atoms in total. The second-order valence-corrected chi connectivity index (χ2v) is 11.8. The molecule has 2 heterocycles. The average molecular weight is 646 g/mol. The minimum atomic E-state index is -0.392. The van der Waals surface area contributed by atoms with E-state index in [4.69, 9.17) is 14.5 Å². The third-order valence-electron chi connectivity index (χ3n) is 8.58. The van der Waals surface area contributed by atoms with Gasteiger partial charge in [-0.2, -0.15) is 0 Å². The van der Waals surface area contributed by atoms with Crippen molar-refractivity contribution in [2.75, 3.05) is 51.4 Å². The number of hydrogen-bond donors (Lipinski definition) is 1. The Hall–Kier alpha value is -5.48. The maximum Gasteiger partial charge on any atom is 0.274 e. The van der Waals surface area contributed by atoms with Crippen molar-refractivity contribution in [2.45, 2.75) is 19.9 Å². The molecule has 246 valence electrons. The van der Waals surface area contributed by atoms with E-state index >= 15 is 0 Å². The summed E-state index contributed by atoms with van der Waals surface area (Å²) in [6.07, 6.45) is 2.65. The molecule has 0 bridgehead atoms. The zero-order valence-electron chi connectivity index (χ0n) is 27.4. The largest absolute Gasteiger partial charge is 0.494 e. The van der Waals surface area contributed by atoms with Gasteiger partial charge in [0.15, 0.2) is 6.29 Å². The van der Waals surface area contributed by atoms with Crippen LogP contribution in [0.15, 0.2) is 91.1 Å². The fraction of sp³-hybridized carbons (Fsp3) is 0.263. The first-order chi connectivity index (χ1) is 23.4. The number of aromatic nitrogens is 2. The van der Waals surface area contributed by atoms with Gasteiger partial charge in [-0.05, 0) is 48.9 Å². The van der Waals surface area contributed by atoms with Crippen LogP contribution < -0.4 is 15.0 Å². The highest BCUT2D eigenvalue weighted by atomic mass is 16.5. The zero-order valence-corrected chi connectivity index (χ0v) is 27.4. The average Bonchev–Trinajstić information content (AvgIpc) is 3.57. The number of rotatable bonds is 11. The minimum Gasteiger partial charge on any atom is -0.494 e. The van der Waals surface area contributed by atoms with Crippen LogP contribution in [0, 0.1) is 6.92 Å². The van der Waals surface area contributed by atoms with Crippen LogP contribution in [0.5, 0.6) is 5.75 Å². The first-order valence-corrected chi connectivity index (χ1v) is 16.1. The Balaban J connectivity index is 1.34. The van der Waals surface area contributed by atoms with Crippen molar-refractivity contribution in [2.24, 2.45) is 0 Å². The number of aldehydes is 1. The maximum atomic E-state index is 14.4. The van der Waals surface area contributed by atoms with Crippen LogP contribution in [-0.4, -0.2) is 85.1 Å². The molecule has 1 saturated heterocycles. The predicted octanol–water partition coefficient (Wildman–Crippen LogP) is 5.31. The van der Waals surface area contributed by atoms with E-state index in [1.54, 1.807) is 18.1 Å². The van der Waals surface area contributed by atoms with E-state index < -0.39 is 6.04 Å². The summed E-state index contributed by atoms with van der Waals surface area (Å²) in [4.78, 5) is 47.2. The van der Waals surface area contributed by atoms with Crippen LogP contribution in [0.25, 0.3) is 27.8 Å². The molecule has 1 aliphatic rings. The lowest BCUT2D eigenvalue weighted by Gasteiger charge is -2.42. The van der Waals surface area contributed by atoms with Crippen molar-refractivity contribution in [3.8, 4) is 22.8 Å². The predicted molar refractivity (Wildman–Crippen MR) is 186 cm³/mol. The lowest BCUT2D eigenvalue weighted by molar-refractivity contribution is -0.125. The molecule has 6 rings (SSSR count). The number of amides is 2. The fourth-order valence-corrected chi connectivity index (χ4v) is 6.09. The second kappa shape index (κ2) is 14.5. The van der Waals surface area contributed by atoms with Gasteiger partial charge < -0.3 is 24.6 Å².